The predicted octanol–water partition coefficient (Wildman–Crippen LogP) is 6.07. The number of pyridine rings is 1. The van der Waals surface area contributed by atoms with Crippen molar-refractivity contribution in [2.75, 3.05) is 0 Å². The summed E-state index contributed by atoms with van der Waals surface area (Å²) in [6, 6.07) is 9.51. The van der Waals surface area contributed by atoms with Gasteiger partial charge >= 0.3 is 0 Å². The molecule has 0 N–H and O–H groups in total. The normalized spacial score (nSPS) is 28.0. The summed E-state index contributed by atoms with van der Waals surface area (Å²) < 4.78 is 0. The smallest absolute Gasteiger partial charge is 0.0705 e. The summed E-state index contributed by atoms with van der Waals surface area (Å²) in [5, 5.41) is 0. The highest BCUT2D eigenvalue weighted by Gasteiger charge is 2.42. The van der Waals surface area contributed by atoms with Crippen molar-refractivity contribution in [2.24, 2.45) is 0 Å². The van der Waals surface area contributed by atoms with Gasteiger partial charge in [0, 0.05) is 11.8 Å². The third-order valence-corrected chi connectivity index (χ3v) is 6.94. The molecule has 0 aliphatic heterocycles. The van der Waals surface area contributed by atoms with Crippen molar-refractivity contribution in [1.29, 1.82) is 0 Å². The summed E-state index contributed by atoms with van der Waals surface area (Å²) in [5.74, 6) is 1.65. The molecule has 1 heteroatoms. The zero-order valence-corrected chi connectivity index (χ0v) is 15.3. The van der Waals surface area contributed by atoms with Crippen molar-refractivity contribution in [3.8, 4) is 11.3 Å². The molecular weight excluding hydrogens is 290 g/mol. The Hall–Kier alpha value is -1.63. The average Bonchev–Trinajstić information content (AvgIpc) is 3.19. The van der Waals surface area contributed by atoms with E-state index >= 15 is 0 Å². The highest BCUT2D eigenvalue weighted by Crippen LogP contribution is 2.54. The second kappa shape index (κ2) is 4.50. The van der Waals surface area contributed by atoms with E-state index in [2.05, 4.69) is 58.2 Å². The fourth-order valence-corrected chi connectivity index (χ4v) is 6.01. The monoisotopic (exact) mass is 317 g/mol. The van der Waals surface area contributed by atoms with E-state index in [0.717, 1.165) is 17.5 Å². The van der Waals surface area contributed by atoms with E-state index in [4.69, 9.17) is 4.98 Å². The first kappa shape index (κ1) is 14.7. The number of fused-ring (bicyclic) bond motifs is 6. The van der Waals surface area contributed by atoms with Crippen molar-refractivity contribution in [2.45, 2.75) is 76.0 Å². The molecule has 124 valence electrons. The Kier molecular flexibility index (Phi) is 2.76. The first-order valence-corrected chi connectivity index (χ1v) is 9.50. The number of hydrogen-bond acceptors (Lipinski definition) is 1. The van der Waals surface area contributed by atoms with Crippen molar-refractivity contribution < 1.29 is 0 Å². The minimum Gasteiger partial charge on any atom is -0.256 e. The van der Waals surface area contributed by atoms with E-state index in [1.807, 2.05) is 0 Å². The lowest BCUT2D eigenvalue weighted by molar-refractivity contribution is 0.403. The number of benzene rings is 1. The number of hydrogen-bond donors (Lipinski definition) is 0. The van der Waals surface area contributed by atoms with Gasteiger partial charge in [0.15, 0.2) is 0 Å². The van der Waals surface area contributed by atoms with Gasteiger partial charge in [-0.25, -0.2) is 0 Å². The van der Waals surface area contributed by atoms with Crippen LogP contribution in [-0.4, -0.2) is 4.98 Å². The van der Waals surface area contributed by atoms with E-state index in [1.54, 1.807) is 11.1 Å². The van der Waals surface area contributed by atoms with Crippen LogP contribution in [0.15, 0.2) is 30.5 Å². The molecule has 1 nitrogen and oxygen atoms in total. The van der Waals surface area contributed by atoms with Crippen LogP contribution in [0.1, 0.15) is 87.5 Å². The molecule has 2 aromatic rings. The topological polar surface area (TPSA) is 12.9 Å². The van der Waals surface area contributed by atoms with Crippen molar-refractivity contribution >= 4 is 0 Å². The molecule has 1 aromatic carbocycles. The third-order valence-electron chi connectivity index (χ3n) is 6.94. The molecule has 1 aromatic heterocycles. The van der Waals surface area contributed by atoms with Gasteiger partial charge in [-0.15, -0.1) is 0 Å². The number of aromatic nitrogens is 1. The van der Waals surface area contributed by atoms with Gasteiger partial charge in [0.05, 0.1) is 5.69 Å². The Bertz CT molecular complexity index is 843. The maximum atomic E-state index is 4.87. The van der Waals surface area contributed by atoms with Crippen LogP contribution in [-0.2, 0) is 10.8 Å². The molecule has 0 spiro atoms. The second-order valence-electron chi connectivity index (χ2n) is 9.61. The second-order valence-corrected chi connectivity index (χ2v) is 9.61. The molecule has 3 aliphatic rings. The van der Waals surface area contributed by atoms with Gasteiger partial charge in [-0.2, -0.15) is 0 Å². The standard InChI is InChI=1S/C23H27N/c1-22(2)13-23(3,4)20-12-24-21(11-19(20)22)16-7-8-17-14-5-6-15(9-14)18(17)10-16/h7-8,10-12,14-15H,5-6,9,13H2,1-4H3. The molecule has 3 aliphatic carbocycles. The van der Waals surface area contributed by atoms with Gasteiger partial charge in [0.25, 0.3) is 0 Å². The van der Waals surface area contributed by atoms with Crippen LogP contribution in [0.25, 0.3) is 11.3 Å². The Balaban J connectivity index is 1.61. The Morgan fingerprint density at radius 3 is 2.38 bits per heavy atom. The summed E-state index contributed by atoms with van der Waals surface area (Å²) in [5.41, 5.74) is 9.13. The van der Waals surface area contributed by atoms with Crippen LogP contribution in [0.2, 0.25) is 0 Å². The van der Waals surface area contributed by atoms with Gasteiger partial charge < -0.3 is 0 Å². The summed E-state index contributed by atoms with van der Waals surface area (Å²) in [6.45, 7) is 9.47. The largest absolute Gasteiger partial charge is 0.256 e. The fourth-order valence-electron chi connectivity index (χ4n) is 6.01. The Morgan fingerprint density at radius 1 is 0.875 bits per heavy atom. The zero-order valence-electron chi connectivity index (χ0n) is 15.3. The minimum atomic E-state index is 0.238. The van der Waals surface area contributed by atoms with Gasteiger partial charge in [0.1, 0.15) is 0 Å². The number of nitrogens with zero attached hydrogens (tertiary/aromatic N) is 1. The quantitative estimate of drug-likeness (QED) is 0.622. The van der Waals surface area contributed by atoms with Gasteiger partial charge in [-0.05, 0) is 82.7 Å². The van der Waals surface area contributed by atoms with Crippen LogP contribution in [0.5, 0.6) is 0 Å². The average molecular weight is 317 g/mol. The maximum Gasteiger partial charge on any atom is 0.0705 e. The fraction of sp³-hybridized carbons (Fsp3) is 0.522. The molecular formula is C23H27N. The van der Waals surface area contributed by atoms with E-state index in [1.165, 1.54) is 42.4 Å². The zero-order chi connectivity index (χ0) is 16.7. The lowest BCUT2D eigenvalue weighted by atomic mass is 9.82. The van der Waals surface area contributed by atoms with Crippen molar-refractivity contribution in [3.63, 3.8) is 0 Å². The summed E-state index contributed by atoms with van der Waals surface area (Å²) in [4.78, 5) is 4.87. The minimum absolute atomic E-state index is 0.238. The first-order chi connectivity index (χ1) is 11.4. The summed E-state index contributed by atoms with van der Waals surface area (Å²) in [7, 11) is 0. The predicted molar refractivity (Wildman–Crippen MR) is 99.7 cm³/mol. The van der Waals surface area contributed by atoms with E-state index in [-0.39, 0.29) is 10.8 Å². The van der Waals surface area contributed by atoms with Crippen LogP contribution < -0.4 is 0 Å². The van der Waals surface area contributed by atoms with Crippen LogP contribution >= 0.6 is 0 Å². The Morgan fingerprint density at radius 2 is 1.58 bits per heavy atom. The molecule has 2 unspecified atom stereocenters. The molecule has 1 heterocycles. The lowest BCUT2D eigenvalue weighted by Crippen LogP contribution is -2.17. The van der Waals surface area contributed by atoms with E-state index in [0.29, 0.717) is 0 Å². The van der Waals surface area contributed by atoms with Gasteiger partial charge in [-0.3, -0.25) is 4.98 Å². The molecule has 2 bridgehead atoms. The molecule has 24 heavy (non-hydrogen) atoms. The molecule has 5 rings (SSSR count). The first-order valence-electron chi connectivity index (χ1n) is 9.50. The molecule has 0 radical (unpaired) electrons. The molecule has 1 saturated carbocycles. The third kappa shape index (κ3) is 1.90. The molecule has 1 fully saturated rings. The van der Waals surface area contributed by atoms with Crippen molar-refractivity contribution in [1.82, 2.24) is 4.98 Å². The van der Waals surface area contributed by atoms with Crippen LogP contribution in [0.4, 0.5) is 0 Å². The highest BCUT2D eigenvalue weighted by molar-refractivity contribution is 5.65. The summed E-state index contributed by atoms with van der Waals surface area (Å²) in [6.07, 6.45) is 7.53. The lowest BCUT2D eigenvalue weighted by Gasteiger charge is -2.22. The molecule has 0 amide bonds. The Labute approximate surface area is 145 Å². The van der Waals surface area contributed by atoms with Crippen LogP contribution in [0.3, 0.4) is 0 Å². The molecule has 0 saturated heterocycles. The van der Waals surface area contributed by atoms with E-state index in [9.17, 15) is 0 Å². The maximum absolute atomic E-state index is 4.87. The summed E-state index contributed by atoms with van der Waals surface area (Å²) >= 11 is 0. The molecule has 2 atom stereocenters. The number of rotatable bonds is 1. The van der Waals surface area contributed by atoms with Gasteiger partial charge in [0.2, 0.25) is 0 Å². The van der Waals surface area contributed by atoms with E-state index < -0.39 is 0 Å². The van der Waals surface area contributed by atoms with Crippen LogP contribution in [0, 0.1) is 0 Å². The SMILES string of the molecule is CC1(C)CC(C)(C)c2cc(-c3ccc4c(c3)C3CCC4C3)ncc21. The van der Waals surface area contributed by atoms with Crippen molar-refractivity contribution in [3.05, 3.63) is 52.7 Å². The highest BCUT2D eigenvalue weighted by atomic mass is 14.7. The van der Waals surface area contributed by atoms with Gasteiger partial charge in [-0.1, -0.05) is 39.8 Å².